The van der Waals surface area contributed by atoms with Gasteiger partial charge in [-0.05, 0) is 0 Å². The van der Waals surface area contributed by atoms with E-state index in [9.17, 15) is 26.3 Å². The lowest BCUT2D eigenvalue weighted by molar-refractivity contribution is -0.328. The predicted octanol–water partition coefficient (Wildman–Crippen LogP) is 3.06. The third kappa shape index (κ3) is 3.35. The van der Waals surface area contributed by atoms with Crippen LogP contribution in [0.4, 0.5) is 26.3 Å². The first-order valence-corrected chi connectivity index (χ1v) is 3.41. The molecule has 0 fully saturated rings. The number of hydrogen-bond acceptors (Lipinski definition) is 2. The Morgan fingerprint density at radius 2 is 1.00 bits per heavy atom. The van der Waals surface area contributed by atoms with E-state index in [1.165, 1.54) is 0 Å². The molecule has 1 aliphatic rings. The van der Waals surface area contributed by atoms with Gasteiger partial charge in [0.05, 0.1) is 0 Å². The molecule has 0 bridgehead atoms. The SMILES string of the molecule is FC(F)(F)OC1=C(OC(F)(F)F)CC1. The predicted molar refractivity (Wildman–Crippen MR) is 30.5 cm³/mol. The van der Waals surface area contributed by atoms with Gasteiger partial charge >= 0.3 is 12.7 Å². The molecular weight excluding hydrogens is 218 g/mol. The Kier molecular flexibility index (Phi) is 2.55. The number of allylic oxidation sites excluding steroid dienone is 2. The van der Waals surface area contributed by atoms with E-state index in [2.05, 4.69) is 9.47 Å². The van der Waals surface area contributed by atoms with Gasteiger partial charge in [-0.3, -0.25) is 0 Å². The van der Waals surface area contributed by atoms with E-state index < -0.39 is 24.2 Å². The number of rotatable bonds is 2. The van der Waals surface area contributed by atoms with Gasteiger partial charge in [0.2, 0.25) is 0 Å². The van der Waals surface area contributed by atoms with Crippen molar-refractivity contribution in [2.75, 3.05) is 0 Å². The summed E-state index contributed by atoms with van der Waals surface area (Å²) in [5.74, 6) is -1.62. The lowest BCUT2D eigenvalue weighted by atomic mass is 10.1. The summed E-state index contributed by atoms with van der Waals surface area (Å²) in [6, 6.07) is 0. The van der Waals surface area contributed by atoms with Crippen molar-refractivity contribution in [1.29, 1.82) is 0 Å². The van der Waals surface area contributed by atoms with Gasteiger partial charge in [0.15, 0.2) is 0 Å². The van der Waals surface area contributed by atoms with Crippen LogP contribution in [0.2, 0.25) is 0 Å². The van der Waals surface area contributed by atoms with Gasteiger partial charge in [-0.2, -0.15) is 0 Å². The van der Waals surface area contributed by atoms with E-state index in [0.29, 0.717) is 0 Å². The quantitative estimate of drug-likeness (QED) is 0.668. The molecule has 8 heteroatoms. The highest BCUT2D eigenvalue weighted by atomic mass is 19.4. The molecule has 0 saturated heterocycles. The Morgan fingerprint density at radius 1 is 0.714 bits per heavy atom. The summed E-state index contributed by atoms with van der Waals surface area (Å²) < 4.78 is 75.8. The van der Waals surface area contributed by atoms with Gasteiger partial charge in [0.25, 0.3) is 0 Å². The molecule has 0 N–H and O–H groups in total. The summed E-state index contributed by atoms with van der Waals surface area (Å²) in [7, 11) is 0. The van der Waals surface area contributed by atoms with Gasteiger partial charge in [0, 0.05) is 12.8 Å². The van der Waals surface area contributed by atoms with Gasteiger partial charge in [-0.1, -0.05) is 0 Å². The zero-order valence-electron chi connectivity index (χ0n) is 6.50. The van der Waals surface area contributed by atoms with Crippen LogP contribution in [0, 0.1) is 0 Å². The molecule has 0 amide bonds. The molecule has 14 heavy (non-hydrogen) atoms. The third-order valence-corrected chi connectivity index (χ3v) is 1.37. The first-order valence-electron chi connectivity index (χ1n) is 3.41. The van der Waals surface area contributed by atoms with Crippen LogP contribution in [-0.2, 0) is 9.47 Å². The van der Waals surface area contributed by atoms with Crippen LogP contribution < -0.4 is 0 Å². The second-order valence-corrected chi connectivity index (χ2v) is 2.44. The van der Waals surface area contributed by atoms with Gasteiger partial charge in [0.1, 0.15) is 11.5 Å². The average Bonchev–Trinajstić information content (AvgIpc) is 1.91. The molecule has 0 spiro atoms. The smallest absolute Gasteiger partial charge is 0.407 e. The van der Waals surface area contributed by atoms with Crippen molar-refractivity contribution >= 4 is 0 Å². The van der Waals surface area contributed by atoms with E-state index in [4.69, 9.17) is 0 Å². The summed E-state index contributed by atoms with van der Waals surface area (Å²) in [5, 5.41) is 0. The van der Waals surface area contributed by atoms with Crippen molar-refractivity contribution in [2.24, 2.45) is 0 Å². The standard InChI is InChI=1S/C6H4F6O2/c7-5(8,9)13-3-1-2-4(3)14-6(10,11)12/h1-2H2. The van der Waals surface area contributed by atoms with E-state index in [0.717, 1.165) is 0 Å². The first-order chi connectivity index (χ1) is 6.17. The largest absolute Gasteiger partial charge is 0.572 e. The molecule has 0 aromatic rings. The molecule has 1 aliphatic carbocycles. The fraction of sp³-hybridized carbons (Fsp3) is 0.667. The lowest BCUT2D eigenvalue weighted by Gasteiger charge is -2.24. The van der Waals surface area contributed by atoms with Crippen molar-refractivity contribution in [3.63, 3.8) is 0 Å². The maximum absolute atomic E-state index is 11.5. The molecule has 2 nitrogen and oxygen atoms in total. The summed E-state index contributed by atoms with van der Waals surface area (Å²) >= 11 is 0. The summed E-state index contributed by atoms with van der Waals surface area (Å²) in [5.41, 5.74) is 0. The Bertz CT molecular complexity index is 224. The Morgan fingerprint density at radius 3 is 1.14 bits per heavy atom. The summed E-state index contributed by atoms with van der Waals surface area (Å²) in [4.78, 5) is 0. The molecule has 0 heterocycles. The minimum atomic E-state index is -4.98. The highest BCUT2D eigenvalue weighted by molar-refractivity contribution is 5.13. The minimum Gasteiger partial charge on any atom is -0.407 e. The highest BCUT2D eigenvalue weighted by Crippen LogP contribution is 2.37. The zero-order valence-corrected chi connectivity index (χ0v) is 6.50. The molecule has 0 unspecified atom stereocenters. The van der Waals surface area contributed by atoms with Crippen LogP contribution in [0.25, 0.3) is 0 Å². The maximum atomic E-state index is 11.5. The van der Waals surface area contributed by atoms with Crippen LogP contribution in [0.5, 0.6) is 0 Å². The van der Waals surface area contributed by atoms with Crippen LogP contribution in [0.1, 0.15) is 12.8 Å². The van der Waals surface area contributed by atoms with Gasteiger partial charge in [-0.25, -0.2) is 0 Å². The molecule has 0 saturated carbocycles. The van der Waals surface area contributed by atoms with E-state index >= 15 is 0 Å². The molecule has 1 rings (SSSR count). The fourth-order valence-corrected chi connectivity index (χ4v) is 0.824. The van der Waals surface area contributed by atoms with E-state index in [-0.39, 0.29) is 12.8 Å². The molecule has 0 aromatic carbocycles. The molecule has 0 aliphatic heterocycles. The summed E-state index contributed by atoms with van der Waals surface area (Å²) in [6.07, 6.45) is -10.4. The number of hydrogen-bond donors (Lipinski definition) is 0. The topological polar surface area (TPSA) is 18.5 Å². The number of halogens is 6. The fourth-order valence-electron chi connectivity index (χ4n) is 0.824. The van der Waals surface area contributed by atoms with Crippen molar-refractivity contribution in [2.45, 2.75) is 25.6 Å². The van der Waals surface area contributed by atoms with Gasteiger partial charge < -0.3 is 9.47 Å². The molecule has 0 atom stereocenters. The maximum Gasteiger partial charge on any atom is 0.572 e. The first kappa shape index (κ1) is 11.0. The van der Waals surface area contributed by atoms with Gasteiger partial charge in [-0.15, -0.1) is 26.3 Å². The Hall–Kier alpha value is -1.08. The van der Waals surface area contributed by atoms with Crippen molar-refractivity contribution < 1.29 is 35.8 Å². The third-order valence-electron chi connectivity index (χ3n) is 1.37. The van der Waals surface area contributed by atoms with Crippen molar-refractivity contribution in [1.82, 2.24) is 0 Å². The molecule has 0 aromatic heterocycles. The number of ether oxygens (including phenoxy) is 2. The van der Waals surface area contributed by atoms with Crippen LogP contribution in [-0.4, -0.2) is 12.7 Å². The van der Waals surface area contributed by atoms with Crippen LogP contribution >= 0.6 is 0 Å². The Labute approximate surface area is 74.1 Å². The van der Waals surface area contributed by atoms with Crippen LogP contribution in [0.15, 0.2) is 11.5 Å². The van der Waals surface area contributed by atoms with Crippen molar-refractivity contribution in [3.8, 4) is 0 Å². The zero-order chi connectivity index (χ0) is 11.0. The van der Waals surface area contributed by atoms with Crippen LogP contribution in [0.3, 0.4) is 0 Å². The Balaban J connectivity index is 2.58. The molecular formula is C6H4F6O2. The molecule has 0 radical (unpaired) electrons. The average molecular weight is 222 g/mol. The second kappa shape index (κ2) is 3.25. The monoisotopic (exact) mass is 222 g/mol. The van der Waals surface area contributed by atoms with Crippen molar-refractivity contribution in [3.05, 3.63) is 11.5 Å². The number of alkyl halides is 6. The van der Waals surface area contributed by atoms with E-state index in [1.807, 2.05) is 0 Å². The summed E-state index contributed by atoms with van der Waals surface area (Å²) in [6.45, 7) is 0. The molecule has 82 valence electrons. The normalized spacial score (nSPS) is 17.9. The minimum absolute atomic E-state index is 0.203. The highest BCUT2D eigenvalue weighted by Gasteiger charge is 2.40. The lowest BCUT2D eigenvalue weighted by Crippen LogP contribution is -2.23. The van der Waals surface area contributed by atoms with E-state index in [1.54, 1.807) is 0 Å². The second-order valence-electron chi connectivity index (χ2n) is 2.44.